The minimum absolute atomic E-state index is 0.0939. The number of nitrogens with zero attached hydrogens (tertiary/aromatic N) is 3. The van der Waals surface area contributed by atoms with Crippen molar-refractivity contribution in [2.24, 2.45) is 0 Å². The molecule has 0 aliphatic heterocycles. The number of thiophene rings is 1. The molecule has 4 nitrogen and oxygen atoms in total. The predicted octanol–water partition coefficient (Wildman–Crippen LogP) is 2.49. The number of amides is 1. The number of thioether (sulfide) groups is 1. The molecular weight excluding hydrogens is 266 g/mol. The van der Waals surface area contributed by atoms with Crippen molar-refractivity contribution in [3.8, 4) is 0 Å². The van der Waals surface area contributed by atoms with Crippen molar-refractivity contribution >= 4 is 39.2 Å². The summed E-state index contributed by atoms with van der Waals surface area (Å²) < 4.78 is 0. The quantitative estimate of drug-likeness (QED) is 0.640. The standard InChI is InChI=1S/C12H15N3OS2/c1-7-8(2)18-12-10(7)11(13-6-14-12)17-5-9(16)15(3)4/h6H,5H2,1-4H3. The van der Waals surface area contributed by atoms with Crippen LogP contribution in [-0.2, 0) is 4.79 Å². The highest BCUT2D eigenvalue weighted by Gasteiger charge is 2.14. The van der Waals surface area contributed by atoms with Crippen LogP contribution in [0.25, 0.3) is 10.2 Å². The van der Waals surface area contributed by atoms with E-state index < -0.39 is 0 Å². The first kappa shape index (κ1) is 13.3. The molecule has 96 valence electrons. The van der Waals surface area contributed by atoms with Gasteiger partial charge in [0.15, 0.2) is 0 Å². The van der Waals surface area contributed by atoms with Gasteiger partial charge in [-0.3, -0.25) is 4.79 Å². The molecule has 0 bridgehead atoms. The van der Waals surface area contributed by atoms with Crippen LogP contribution in [-0.4, -0.2) is 40.6 Å². The van der Waals surface area contributed by atoms with Gasteiger partial charge in [-0.05, 0) is 19.4 Å². The lowest BCUT2D eigenvalue weighted by molar-refractivity contribution is -0.125. The molecule has 6 heteroatoms. The van der Waals surface area contributed by atoms with Gasteiger partial charge in [0, 0.05) is 24.4 Å². The molecule has 1 amide bonds. The van der Waals surface area contributed by atoms with E-state index in [1.165, 1.54) is 22.2 Å². The van der Waals surface area contributed by atoms with Crippen LogP contribution in [0.2, 0.25) is 0 Å². The maximum atomic E-state index is 11.6. The molecule has 0 aromatic carbocycles. The van der Waals surface area contributed by atoms with Crippen LogP contribution in [0.5, 0.6) is 0 Å². The second-order valence-corrected chi connectivity index (χ2v) is 6.39. The second-order valence-electron chi connectivity index (χ2n) is 4.22. The van der Waals surface area contributed by atoms with Crippen molar-refractivity contribution in [3.05, 3.63) is 16.8 Å². The molecule has 0 unspecified atom stereocenters. The third kappa shape index (κ3) is 2.49. The summed E-state index contributed by atoms with van der Waals surface area (Å²) in [5.41, 5.74) is 1.22. The molecule has 0 saturated heterocycles. The van der Waals surface area contributed by atoms with Crippen LogP contribution < -0.4 is 0 Å². The largest absolute Gasteiger partial charge is 0.348 e. The van der Waals surface area contributed by atoms with E-state index in [1.54, 1.807) is 36.7 Å². The third-order valence-corrected chi connectivity index (χ3v) is 4.85. The van der Waals surface area contributed by atoms with Crippen molar-refractivity contribution < 1.29 is 4.79 Å². The Hall–Kier alpha value is -1.14. The number of fused-ring (bicyclic) bond motifs is 1. The highest BCUT2D eigenvalue weighted by molar-refractivity contribution is 8.00. The molecule has 2 aromatic rings. The molecular formula is C12H15N3OS2. The zero-order valence-electron chi connectivity index (χ0n) is 10.9. The van der Waals surface area contributed by atoms with E-state index in [4.69, 9.17) is 0 Å². The monoisotopic (exact) mass is 281 g/mol. The molecule has 2 heterocycles. The zero-order valence-corrected chi connectivity index (χ0v) is 12.5. The number of hydrogen-bond acceptors (Lipinski definition) is 5. The number of aromatic nitrogens is 2. The summed E-state index contributed by atoms with van der Waals surface area (Å²) in [5, 5.41) is 1.99. The molecule has 0 N–H and O–H groups in total. The van der Waals surface area contributed by atoms with Gasteiger partial charge in [0.2, 0.25) is 5.91 Å². The fourth-order valence-electron chi connectivity index (χ4n) is 1.52. The summed E-state index contributed by atoms with van der Waals surface area (Å²) in [4.78, 5) is 24.0. The minimum atomic E-state index is 0.0939. The lowest BCUT2D eigenvalue weighted by Gasteiger charge is -2.09. The van der Waals surface area contributed by atoms with Crippen LogP contribution in [0.3, 0.4) is 0 Å². The van der Waals surface area contributed by atoms with Gasteiger partial charge in [0.1, 0.15) is 16.2 Å². The first-order valence-corrected chi connectivity index (χ1v) is 7.34. The number of carbonyl (C=O) groups is 1. The van der Waals surface area contributed by atoms with Gasteiger partial charge in [0.05, 0.1) is 5.75 Å². The van der Waals surface area contributed by atoms with Gasteiger partial charge in [0.25, 0.3) is 0 Å². The molecule has 0 saturated carbocycles. The molecule has 0 aliphatic carbocycles. The zero-order chi connectivity index (χ0) is 13.3. The lowest BCUT2D eigenvalue weighted by Crippen LogP contribution is -2.23. The Morgan fingerprint density at radius 2 is 2.11 bits per heavy atom. The Morgan fingerprint density at radius 3 is 2.78 bits per heavy atom. The van der Waals surface area contributed by atoms with Crippen molar-refractivity contribution in [2.45, 2.75) is 18.9 Å². The normalized spacial score (nSPS) is 10.9. The second kappa shape index (κ2) is 5.24. The van der Waals surface area contributed by atoms with Crippen LogP contribution in [0.15, 0.2) is 11.4 Å². The average Bonchev–Trinajstić information content (AvgIpc) is 2.62. The van der Waals surface area contributed by atoms with E-state index in [1.807, 2.05) is 0 Å². The van der Waals surface area contributed by atoms with Crippen LogP contribution >= 0.6 is 23.1 Å². The van der Waals surface area contributed by atoms with Crippen LogP contribution in [0.4, 0.5) is 0 Å². The van der Waals surface area contributed by atoms with E-state index in [0.717, 1.165) is 15.2 Å². The fraction of sp³-hybridized carbons (Fsp3) is 0.417. The minimum Gasteiger partial charge on any atom is -0.348 e. The predicted molar refractivity (Wildman–Crippen MR) is 76.3 cm³/mol. The Morgan fingerprint density at radius 1 is 1.39 bits per heavy atom. The third-order valence-electron chi connectivity index (χ3n) is 2.76. The number of aryl methyl sites for hydroxylation is 2. The lowest BCUT2D eigenvalue weighted by atomic mass is 10.2. The Labute approximate surface area is 114 Å². The first-order valence-electron chi connectivity index (χ1n) is 5.54. The molecule has 0 aliphatic rings. The molecule has 0 radical (unpaired) electrons. The maximum absolute atomic E-state index is 11.6. The Bertz CT molecular complexity index is 592. The van der Waals surface area contributed by atoms with Gasteiger partial charge in [-0.1, -0.05) is 11.8 Å². The van der Waals surface area contributed by atoms with Gasteiger partial charge in [-0.25, -0.2) is 9.97 Å². The van der Waals surface area contributed by atoms with Crippen molar-refractivity contribution in [3.63, 3.8) is 0 Å². The van der Waals surface area contributed by atoms with E-state index in [-0.39, 0.29) is 5.91 Å². The van der Waals surface area contributed by atoms with Crippen molar-refractivity contribution in [1.82, 2.24) is 14.9 Å². The molecule has 2 rings (SSSR count). The highest BCUT2D eigenvalue weighted by Crippen LogP contribution is 2.34. The van der Waals surface area contributed by atoms with Crippen molar-refractivity contribution in [1.29, 1.82) is 0 Å². The highest BCUT2D eigenvalue weighted by atomic mass is 32.2. The van der Waals surface area contributed by atoms with Crippen LogP contribution in [0.1, 0.15) is 10.4 Å². The summed E-state index contributed by atoms with van der Waals surface area (Å²) in [6.07, 6.45) is 1.57. The van der Waals surface area contributed by atoms with Gasteiger partial charge in [-0.15, -0.1) is 11.3 Å². The number of carbonyl (C=O) groups excluding carboxylic acids is 1. The van der Waals surface area contributed by atoms with Gasteiger partial charge >= 0.3 is 0 Å². The summed E-state index contributed by atoms with van der Waals surface area (Å²) in [5.74, 6) is 0.504. The summed E-state index contributed by atoms with van der Waals surface area (Å²) in [6.45, 7) is 4.16. The molecule has 0 fully saturated rings. The molecule has 0 atom stereocenters. The average molecular weight is 281 g/mol. The topological polar surface area (TPSA) is 46.1 Å². The van der Waals surface area contributed by atoms with E-state index >= 15 is 0 Å². The first-order chi connectivity index (χ1) is 8.50. The Balaban J connectivity index is 2.31. The van der Waals surface area contributed by atoms with Gasteiger partial charge < -0.3 is 4.90 Å². The molecule has 0 spiro atoms. The van der Waals surface area contributed by atoms with Crippen molar-refractivity contribution in [2.75, 3.05) is 19.8 Å². The SMILES string of the molecule is Cc1sc2ncnc(SCC(=O)N(C)C)c2c1C. The number of rotatable bonds is 3. The van der Waals surface area contributed by atoms with Crippen LogP contribution in [0, 0.1) is 13.8 Å². The van der Waals surface area contributed by atoms with E-state index in [9.17, 15) is 4.79 Å². The summed E-state index contributed by atoms with van der Waals surface area (Å²) >= 11 is 3.15. The Kier molecular flexibility index (Phi) is 3.87. The molecule has 18 heavy (non-hydrogen) atoms. The molecule has 2 aromatic heterocycles. The summed E-state index contributed by atoms with van der Waals surface area (Å²) in [6, 6.07) is 0. The van der Waals surface area contributed by atoms with E-state index in [2.05, 4.69) is 23.8 Å². The number of hydrogen-bond donors (Lipinski definition) is 0. The maximum Gasteiger partial charge on any atom is 0.232 e. The van der Waals surface area contributed by atoms with Gasteiger partial charge in [-0.2, -0.15) is 0 Å². The fourth-order valence-corrected chi connectivity index (χ4v) is 3.61. The van der Waals surface area contributed by atoms with E-state index in [0.29, 0.717) is 5.75 Å². The summed E-state index contributed by atoms with van der Waals surface area (Å²) in [7, 11) is 3.52. The smallest absolute Gasteiger partial charge is 0.232 e.